The molecule has 1 aliphatic heterocycles. The van der Waals surface area contributed by atoms with E-state index >= 15 is 0 Å². The van der Waals surface area contributed by atoms with Crippen LogP contribution >= 0.6 is 0 Å². The molecule has 17 heavy (non-hydrogen) atoms. The molecule has 1 saturated heterocycles. The van der Waals surface area contributed by atoms with Gasteiger partial charge in [0, 0.05) is 20.0 Å². The van der Waals surface area contributed by atoms with E-state index in [0.29, 0.717) is 6.54 Å². The van der Waals surface area contributed by atoms with E-state index < -0.39 is 28.8 Å². The number of hydrogen-bond acceptors (Lipinski definition) is 4. The van der Waals surface area contributed by atoms with E-state index in [1.807, 2.05) is 0 Å². The van der Waals surface area contributed by atoms with Crippen molar-refractivity contribution in [2.45, 2.75) is 31.5 Å². The number of likely N-dealkylation sites (N-methyl/N-ethyl adjacent to an activating group) is 1. The van der Waals surface area contributed by atoms with Crippen LogP contribution in [0.25, 0.3) is 0 Å². The van der Waals surface area contributed by atoms with Gasteiger partial charge in [-0.3, -0.25) is 9.59 Å². The number of carbonyl (C=O) groups excluding carboxylic acids is 2. The first-order chi connectivity index (χ1) is 7.79. The van der Waals surface area contributed by atoms with Gasteiger partial charge in [-0.25, -0.2) is 4.39 Å². The van der Waals surface area contributed by atoms with Crippen LogP contribution in [0.1, 0.15) is 20.3 Å². The molecule has 1 heterocycles. The first-order valence-corrected chi connectivity index (χ1v) is 5.74. The number of alkyl halides is 1. The summed E-state index contributed by atoms with van der Waals surface area (Å²) in [5.74, 6) is -1.94. The van der Waals surface area contributed by atoms with Gasteiger partial charge in [0.05, 0.1) is 0 Å². The SMILES string of the molecule is CNC(=O)C(N)(C(=O)[C@]1(F)CCNC1)C(C)C. The number of halogens is 1. The van der Waals surface area contributed by atoms with E-state index in [-0.39, 0.29) is 13.0 Å². The summed E-state index contributed by atoms with van der Waals surface area (Å²) >= 11 is 0. The minimum Gasteiger partial charge on any atom is -0.357 e. The third-order valence-corrected chi connectivity index (χ3v) is 3.40. The molecule has 1 unspecified atom stereocenters. The summed E-state index contributed by atoms with van der Waals surface area (Å²) in [6, 6.07) is 0. The number of Topliss-reactive ketones (excluding diaryl/α,β-unsaturated/α-hetero) is 1. The predicted octanol–water partition coefficient (Wildman–Crippen LogP) is -0.643. The number of nitrogens with two attached hydrogens (primary N) is 1. The molecule has 6 heteroatoms. The monoisotopic (exact) mass is 245 g/mol. The van der Waals surface area contributed by atoms with Crippen LogP contribution < -0.4 is 16.4 Å². The van der Waals surface area contributed by atoms with Gasteiger partial charge in [0.1, 0.15) is 0 Å². The summed E-state index contributed by atoms with van der Waals surface area (Å²) in [7, 11) is 1.39. The Bertz CT molecular complexity index is 327. The third-order valence-electron chi connectivity index (χ3n) is 3.40. The van der Waals surface area contributed by atoms with Crippen LogP contribution in [0.3, 0.4) is 0 Å². The quantitative estimate of drug-likeness (QED) is 0.575. The van der Waals surface area contributed by atoms with E-state index in [9.17, 15) is 14.0 Å². The Kier molecular flexibility index (Phi) is 3.88. The Balaban J connectivity index is 3.07. The molecule has 0 saturated carbocycles. The van der Waals surface area contributed by atoms with Crippen molar-refractivity contribution in [2.24, 2.45) is 11.7 Å². The van der Waals surface area contributed by atoms with Gasteiger partial charge in [0.25, 0.3) is 0 Å². The van der Waals surface area contributed by atoms with E-state index in [1.54, 1.807) is 13.8 Å². The van der Waals surface area contributed by atoms with Gasteiger partial charge >= 0.3 is 0 Å². The molecule has 1 fully saturated rings. The van der Waals surface area contributed by atoms with Crippen LogP contribution in [0.2, 0.25) is 0 Å². The lowest BCUT2D eigenvalue weighted by Crippen LogP contribution is -2.67. The van der Waals surface area contributed by atoms with Crippen molar-refractivity contribution in [1.29, 1.82) is 0 Å². The first-order valence-electron chi connectivity index (χ1n) is 5.74. The van der Waals surface area contributed by atoms with Crippen molar-refractivity contribution in [2.75, 3.05) is 20.1 Å². The molecule has 1 aliphatic rings. The molecular formula is C11H20FN3O2. The van der Waals surface area contributed by atoms with Crippen LogP contribution in [0.4, 0.5) is 4.39 Å². The van der Waals surface area contributed by atoms with E-state index in [0.717, 1.165) is 0 Å². The van der Waals surface area contributed by atoms with E-state index in [4.69, 9.17) is 5.73 Å². The summed E-state index contributed by atoms with van der Waals surface area (Å²) in [4.78, 5) is 24.0. The van der Waals surface area contributed by atoms with Crippen molar-refractivity contribution >= 4 is 11.7 Å². The average molecular weight is 245 g/mol. The van der Waals surface area contributed by atoms with Crippen LogP contribution in [-0.4, -0.2) is 43.0 Å². The molecule has 0 bridgehead atoms. The smallest absolute Gasteiger partial charge is 0.247 e. The number of ketones is 1. The second kappa shape index (κ2) is 4.70. The molecular weight excluding hydrogens is 225 g/mol. The molecule has 1 rings (SSSR count). The summed E-state index contributed by atoms with van der Waals surface area (Å²) in [5.41, 5.74) is 2.03. The molecule has 0 aromatic carbocycles. The van der Waals surface area contributed by atoms with Crippen molar-refractivity contribution in [3.05, 3.63) is 0 Å². The lowest BCUT2D eigenvalue weighted by molar-refractivity contribution is -0.144. The second-order valence-electron chi connectivity index (χ2n) is 4.82. The second-order valence-corrected chi connectivity index (χ2v) is 4.82. The maximum Gasteiger partial charge on any atom is 0.247 e. The first kappa shape index (κ1) is 14.1. The van der Waals surface area contributed by atoms with Gasteiger partial charge in [0.15, 0.2) is 11.2 Å². The Hall–Kier alpha value is -1.01. The molecule has 0 aliphatic carbocycles. The van der Waals surface area contributed by atoms with Gasteiger partial charge in [0.2, 0.25) is 11.7 Å². The molecule has 0 radical (unpaired) electrons. The zero-order valence-electron chi connectivity index (χ0n) is 10.5. The molecule has 0 aromatic rings. The molecule has 2 atom stereocenters. The minimum absolute atomic E-state index is 0.0640. The van der Waals surface area contributed by atoms with Crippen molar-refractivity contribution < 1.29 is 14.0 Å². The largest absolute Gasteiger partial charge is 0.357 e. The third kappa shape index (κ3) is 2.19. The maximum absolute atomic E-state index is 14.4. The van der Waals surface area contributed by atoms with Crippen LogP contribution in [0.5, 0.6) is 0 Å². The zero-order valence-corrected chi connectivity index (χ0v) is 10.5. The Labute approximate surface area is 100 Å². The van der Waals surface area contributed by atoms with Crippen molar-refractivity contribution in [3.63, 3.8) is 0 Å². The molecule has 0 aromatic heterocycles. The van der Waals surface area contributed by atoms with Gasteiger partial charge in [-0.15, -0.1) is 0 Å². The number of amides is 1. The molecule has 0 spiro atoms. The molecule has 5 nitrogen and oxygen atoms in total. The highest BCUT2D eigenvalue weighted by Gasteiger charge is 2.55. The number of rotatable bonds is 4. The highest BCUT2D eigenvalue weighted by Crippen LogP contribution is 2.29. The summed E-state index contributed by atoms with van der Waals surface area (Å²) in [6.07, 6.45) is 0.0640. The maximum atomic E-state index is 14.4. The number of hydrogen-bond donors (Lipinski definition) is 3. The highest BCUT2D eigenvalue weighted by molar-refractivity contribution is 6.14. The fraction of sp³-hybridized carbons (Fsp3) is 0.818. The lowest BCUT2D eigenvalue weighted by Gasteiger charge is -2.34. The minimum atomic E-state index is -2.04. The van der Waals surface area contributed by atoms with Gasteiger partial charge in [-0.05, 0) is 12.5 Å². The molecule has 1 amide bonds. The number of carbonyl (C=O) groups is 2. The lowest BCUT2D eigenvalue weighted by atomic mass is 9.76. The Morgan fingerprint density at radius 1 is 1.53 bits per heavy atom. The molecule has 98 valence electrons. The van der Waals surface area contributed by atoms with E-state index in [2.05, 4.69) is 10.6 Å². The normalized spacial score (nSPS) is 27.9. The predicted molar refractivity (Wildman–Crippen MR) is 62.2 cm³/mol. The topological polar surface area (TPSA) is 84.2 Å². The average Bonchev–Trinajstić information content (AvgIpc) is 2.73. The Morgan fingerprint density at radius 3 is 2.47 bits per heavy atom. The summed E-state index contributed by atoms with van der Waals surface area (Å²) in [6.45, 7) is 3.62. The Morgan fingerprint density at radius 2 is 2.12 bits per heavy atom. The van der Waals surface area contributed by atoms with Crippen LogP contribution in [0, 0.1) is 5.92 Å². The number of nitrogens with one attached hydrogen (secondary N) is 2. The summed E-state index contributed by atoms with van der Waals surface area (Å²) < 4.78 is 14.4. The highest BCUT2D eigenvalue weighted by atomic mass is 19.1. The molecule has 4 N–H and O–H groups in total. The standard InChI is InChI=1S/C11H20FN3O2/c1-7(2)11(13,9(17)14-3)8(16)10(12)4-5-15-6-10/h7,15H,4-6,13H2,1-3H3,(H,14,17)/t10-,11?/m0/s1. The van der Waals surface area contributed by atoms with Crippen LogP contribution in [0.15, 0.2) is 0 Å². The van der Waals surface area contributed by atoms with E-state index in [1.165, 1.54) is 7.05 Å². The van der Waals surface area contributed by atoms with Crippen molar-refractivity contribution in [3.8, 4) is 0 Å². The zero-order chi connectivity index (χ0) is 13.3. The van der Waals surface area contributed by atoms with Gasteiger partial charge < -0.3 is 16.4 Å². The fourth-order valence-corrected chi connectivity index (χ4v) is 2.06. The van der Waals surface area contributed by atoms with Gasteiger partial charge in [-0.1, -0.05) is 13.8 Å². The summed E-state index contributed by atoms with van der Waals surface area (Å²) in [5, 5.41) is 5.12. The fourth-order valence-electron chi connectivity index (χ4n) is 2.06. The van der Waals surface area contributed by atoms with Gasteiger partial charge in [-0.2, -0.15) is 0 Å². The van der Waals surface area contributed by atoms with Crippen LogP contribution in [-0.2, 0) is 9.59 Å². The van der Waals surface area contributed by atoms with Crippen molar-refractivity contribution in [1.82, 2.24) is 10.6 Å².